The lowest BCUT2D eigenvalue weighted by molar-refractivity contribution is -0.115. The van der Waals surface area contributed by atoms with E-state index in [4.69, 9.17) is 0 Å². The van der Waals surface area contributed by atoms with Crippen molar-refractivity contribution in [1.29, 1.82) is 0 Å². The SMILES string of the molecule is Cc1cc(C)c2c(c1)c(C)cc1nnc(SCCC(=O)Nc3ccccc3C)n12. The molecule has 4 aromatic rings. The number of nitrogens with one attached hydrogen (secondary N) is 1. The van der Waals surface area contributed by atoms with Gasteiger partial charge in [0.2, 0.25) is 5.91 Å². The number of anilines is 1. The summed E-state index contributed by atoms with van der Waals surface area (Å²) in [5.41, 5.74) is 7.55. The minimum absolute atomic E-state index is 0.00753. The molecule has 29 heavy (non-hydrogen) atoms. The van der Waals surface area contributed by atoms with Crippen LogP contribution in [0.4, 0.5) is 5.69 Å². The van der Waals surface area contributed by atoms with Crippen molar-refractivity contribution in [1.82, 2.24) is 14.6 Å². The zero-order valence-corrected chi connectivity index (χ0v) is 17.9. The summed E-state index contributed by atoms with van der Waals surface area (Å²) < 4.78 is 2.11. The van der Waals surface area contributed by atoms with Gasteiger partial charge in [0.25, 0.3) is 0 Å². The molecule has 0 bridgehead atoms. The highest BCUT2D eigenvalue weighted by Crippen LogP contribution is 2.29. The number of aryl methyl sites for hydroxylation is 4. The molecule has 0 aliphatic carbocycles. The molecular formula is C23H24N4OS. The number of hydrogen-bond donors (Lipinski definition) is 1. The maximum Gasteiger partial charge on any atom is 0.225 e. The smallest absolute Gasteiger partial charge is 0.225 e. The van der Waals surface area contributed by atoms with Crippen molar-refractivity contribution in [2.24, 2.45) is 0 Å². The van der Waals surface area contributed by atoms with Crippen LogP contribution in [0.3, 0.4) is 0 Å². The van der Waals surface area contributed by atoms with Gasteiger partial charge in [-0.15, -0.1) is 10.2 Å². The molecule has 0 spiro atoms. The van der Waals surface area contributed by atoms with Gasteiger partial charge in [0.15, 0.2) is 10.8 Å². The number of carbonyl (C=O) groups is 1. The van der Waals surface area contributed by atoms with Crippen LogP contribution < -0.4 is 5.32 Å². The molecule has 0 atom stereocenters. The molecule has 0 aliphatic heterocycles. The molecule has 6 heteroatoms. The molecule has 2 heterocycles. The van der Waals surface area contributed by atoms with Crippen molar-refractivity contribution >= 4 is 39.9 Å². The largest absolute Gasteiger partial charge is 0.326 e. The second-order valence-corrected chi connectivity index (χ2v) is 8.51. The molecule has 0 aliphatic rings. The molecule has 1 N–H and O–H groups in total. The number of pyridine rings is 1. The first-order chi connectivity index (χ1) is 13.9. The number of amides is 1. The first-order valence-electron chi connectivity index (χ1n) is 9.68. The Morgan fingerprint density at radius 3 is 2.59 bits per heavy atom. The van der Waals surface area contributed by atoms with Gasteiger partial charge in [-0.05, 0) is 62.6 Å². The number of benzene rings is 2. The van der Waals surface area contributed by atoms with Crippen LogP contribution in [-0.4, -0.2) is 26.3 Å². The van der Waals surface area contributed by atoms with E-state index in [2.05, 4.69) is 58.9 Å². The second kappa shape index (κ2) is 7.87. The van der Waals surface area contributed by atoms with E-state index < -0.39 is 0 Å². The molecule has 1 amide bonds. The molecule has 0 fully saturated rings. The molecule has 2 aromatic carbocycles. The predicted molar refractivity (Wildman–Crippen MR) is 120 cm³/mol. The van der Waals surface area contributed by atoms with Crippen molar-refractivity contribution in [2.45, 2.75) is 39.3 Å². The van der Waals surface area contributed by atoms with Crippen LogP contribution in [0.2, 0.25) is 0 Å². The third-order valence-electron chi connectivity index (χ3n) is 5.08. The number of thioether (sulfide) groups is 1. The number of nitrogens with zero attached hydrogens (tertiary/aromatic N) is 3. The number of fused-ring (bicyclic) bond motifs is 3. The molecule has 0 unspecified atom stereocenters. The van der Waals surface area contributed by atoms with Crippen molar-refractivity contribution in [3.05, 3.63) is 64.7 Å². The standard InChI is InChI=1S/C23H24N4OS/c1-14-11-17(4)22-18(12-14)16(3)13-20-25-26-23(27(20)22)29-10-9-21(28)24-19-8-6-5-7-15(19)2/h5-8,11-13H,9-10H2,1-4H3,(H,24,28). The Labute approximate surface area is 174 Å². The number of hydrogen-bond acceptors (Lipinski definition) is 4. The van der Waals surface area contributed by atoms with Gasteiger partial charge in [-0.2, -0.15) is 0 Å². The maximum absolute atomic E-state index is 12.3. The van der Waals surface area contributed by atoms with Crippen molar-refractivity contribution < 1.29 is 4.79 Å². The average molecular weight is 405 g/mol. The number of para-hydroxylation sites is 1. The Balaban J connectivity index is 1.55. The first kappa shape index (κ1) is 19.5. The van der Waals surface area contributed by atoms with Gasteiger partial charge in [0, 0.05) is 23.2 Å². The summed E-state index contributed by atoms with van der Waals surface area (Å²) in [6, 6.07) is 14.3. The molecular weight excluding hydrogens is 380 g/mol. The van der Waals surface area contributed by atoms with E-state index in [0.717, 1.165) is 27.6 Å². The number of aromatic nitrogens is 3. The zero-order valence-electron chi connectivity index (χ0n) is 17.1. The molecule has 0 radical (unpaired) electrons. The molecule has 2 aromatic heterocycles. The van der Waals surface area contributed by atoms with Crippen LogP contribution in [0.25, 0.3) is 16.6 Å². The van der Waals surface area contributed by atoms with Crippen molar-refractivity contribution in [2.75, 3.05) is 11.1 Å². The molecule has 148 valence electrons. The lowest BCUT2D eigenvalue weighted by atomic mass is 10.0. The highest BCUT2D eigenvalue weighted by molar-refractivity contribution is 7.99. The fourth-order valence-electron chi connectivity index (χ4n) is 3.67. The average Bonchev–Trinajstić information content (AvgIpc) is 3.06. The normalized spacial score (nSPS) is 11.3. The highest BCUT2D eigenvalue weighted by Gasteiger charge is 2.14. The van der Waals surface area contributed by atoms with Crippen LogP contribution in [0.15, 0.2) is 47.6 Å². The van der Waals surface area contributed by atoms with E-state index in [1.807, 2.05) is 31.2 Å². The van der Waals surface area contributed by atoms with Crippen LogP contribution in [0.1, 0.15) is 28.7 Å². The van der Waals surface area contributed by atoms with E-state index in [-0.39, 0.29) is 5.91 Å². The van der Waals surface area contributed by atoms with Gasteiger partial charge >= 0.3 is 0 Å². The van der Waals surface area contributed by atoms with E-state index in [1.54, 1.807) is 11.8 Å². The van der Waals surface area contributed by atoms with Gasteiger partial charge < -0.3 is 5.32 Å². The van der Waals surface area contributed by atoms with Gasteiger partial charge in [-0.1, -0.05) is 41.6 Å². The zero-order chi connectivity index (χ0) is 20.5. The molecule has 5 nitrogen and oxygen atoms in total. The summed E-state index contributed by atoms with van der Waals surface area (Å²) in [5, 5.41) is 13.8. The van der Waals surface area contributed by atoms with Crippen molar-refractivity contribution in [3.63, 3.8) is 0 Å². The number of carbonyl (C=O) groups excluding carboxylic acids is 1. The van der Waals surface area contributed by atoms with Gasteiger partial charge in [0.1, 0.15) is 0 Å². The fraction of sp³-hybridized carbons (Fsp3) is 0.261. The molecule has 0 saturated heterocycles. The second-order valence-electron chi connectivity index (χ2n) is 7.44. The minimum Gasteiger partial charge on any atom is -0.326 e. The summed E-state index contributed by atoms with van der Waals surface area (Å²) in [7, 11) is 0. The lowest BCUT2D eigenvalue weighted by Gasteiger charge is -2.11. The van der Waals surface area contributed by atoms with Crippen molar-refractivity contribution in [3.8, 4) is 0 Å². The van der Waals surface area contributed by atoms with E-state index in [1.165, 1.54) is 22.1 Å². The van der Waals surface area contributed by atoms with Gasteiger partial charge in [-0.25, -0.2) is 0 Å². The Bertz CT molecular complexity index is 1230. The Morgan fingerprint density at radius 2 is 1.79 bits per heavy atom. The number of rotatable bonds is 5. The lowest BCUT2D eigenvalue weighted by Crippen LogP contribution is -2.13. The molecule has 4 rings (SSSR count). The minimum atomic E-state index is 0.00753. The Morgan fingerprint density at radius 1 is 1.00 bits per heavy atom. The van der Waals surface area contributed by atoms with Crippen LogP contribution in [-0.2, 0) is 4.79 Å². The fourth-order valence-corrected chi connectivity index (χ4v) is 4.55. The summed E-state index contributed by atoms with van der Waals surface area (Å²) in [5.74, 6) is 0.645. The van der Waals surface area contributed by atoms with Crippen LogP contribution in [0, 0.1) is 27.7 Å². The third-order valence-corrected chi connectivity index (χ3v) is 6.01. The van der Waals surface area contributed by atoms with Crippen LogP contribution >= 0.6 is 11.8 Å². The quantitative estimate of drug-likeness (QED) is 0.462. The summed E-state index contributed by atoms with van der Waals surface area (Å²) in [6.07, 6.45) is 0.412. The van der Waals surface area contributed by atoms with E-state index >= 15 is 0 Å². The van der Waals surface area contributed by atoms with Crippen LogP contribution in [0.5, 0.6) is 0 Å². The Kier molecular flexibility index (Phi) is 5.28. The summed E-state index contributed by atoms with van der Waals surface area (Å²) in [4.78, 5) is 12.3. The third kappa shape index (κ3) is 3.85. The van der Waals surface area contributed by atoms with Gasteiger partial charge in [-0.3, -0.25) is 9.20 Å². The topological polar surface area (TPSA) is 59.3 Å². The van der Waals surface area contributed by atoms with Gasteiger partial charge in [0.05, 0.1) is 5.52 Å². The Hall–Kier alpha value is -2.86. The monoisotopic (exact) mass is 404 g/mol. The maximum atomic E-state index is 12.3. The molecule has 0 saturated carbocycles. The van der Waals surface area contributed by atoms with E-state index in [0.29, 0.717) is 12.2 Å². The predicted octanol–water partition coefficient (Wildman–Crippen LogP) is 5.24. The first-order valence-corrected chi connectivity index (χ1v) is 10.7. The summed E-state index contributed by atoms with van der Waals surface area (Å²) in [6.45, 7) is 8.34. The van der Waals surface area contributed by atoms with E-state index in [9.17, 15) is 4.79 Å². The highest BCUT2D eigenvalue weighted by atomic mass is 32.2. The summed E-state index contributed by atoms with van der Waals surface area (Å²) >= 11 is 1.56.